The minimum atomic E-state index is -0.463. The predicted octanol–water partition coefficient (Wildman–Crippen LogP) is 5.41. The molecule has 2 unspecified atom stereocenters. The molecular weight excluding hydrogens is 389 g/mol. The van der Waals surface area contributed by atoms with Gasteiger partial charge in [0.25, 0.3) is 0 Å². The summed E-state index contributed by atoms with van der Waals surface area (Å²) in [6.07, 6.45) is 0.505. The van der Waals surface area contributed by atoms with Crippen molar-refractivity contribution in [3.8, 4) is 0 Å². The SMILES string of the molecule is CCOC(=O)C(Cc1ccccc1)C(CSc1ccc2ccccc2n1)P=O. The Bertz CT molecular complexity index is 935. The first-order chi connectivity index (χ1) is 13.7. The normalized spacial score (nSPS) is 13.3. The molecule has 3 rings (SSSR count). The fourth-order valence-corrected chi connectivity index (χ4v) is 4.75. The van der Waals surface area contributed by atoms with Crippen LogP contribution in [-0.4, -0.2) is 29.0 Å². The molecule has 0 fully saturated rings. The lowest BCUT2D eigenvalue weighted by atomic mass is 9.96. The van der Waals surface area contributed by atoms with E-state index in [2.05, 4.69) is 4.98 Å². The van der Waals surface area contributed by atoms with E-state index >= 15 is 0 Å². The number of para-hydroxylation sites is 1. The monoisotopic (exact) mass is 411 g/mol. The summed E-state index contributed by atoms with van der Waals surface area (Å²) in [6.45, 7) is 2.10. The molecule has 2 aromatic carbocycles. The molecule has 0 aliphatic rings. The van der Waals surface area contributed by atoms with Crippen molar-refractivity contribution in [2.24, 2.45) is 5.92 Å². The van der Waals surface area contributed by atoms with Crippen LogP contribution in [-0.2, 0) is 20.5 Å². The average molecular weight is 411 g/mol. The molecule has 0 aliphatic heterocycles. The Kier molecular flexibility index (Phi) is 7.58. The van der Waals surface area contributed by atoms with Crippen LogP contribution in [0.25, 0.3) is 10.9 Å². The molecule has 0 bridgehead atoms. The van der Waals surface area contributed by atoms with Crippen LogP contribution in [0.5, 0.6) is 0 Å². The van der Waals surface area contributed by atoms with Crippen LogP contribution < -0.4 is 0 Å². The molecule has 144 valence electrons. The molecule has 0 aliphatic carbocycles. The number of nitrogens with zero attached hydrogens (tertiary/aromatic N) is 1. The molecule has 0 amide bonds. The van der Waals surface area contributed by atoms with E-state index in [1.54, 1.807) is 6.92 Å². The fourth-order valence-electron chi connectivity index (χ4n) is 3.01. The van der Waals surface area contributed by atoms with Crippen molar-refractivity contribution < 1.29 is 14.1 Å². The highest BCUT2D eigenvalue weighted by atomic mass is 32.2. The number of ether oxygens (including phenoxy) is 1. The summed E-state index contributed by atoms with van der Waals surface area (Å²) in [5, 5.41) is 1.94. The van der Waals surface area contributed by atoms with Gasteiger partial charge in [0.1, 0.15) is 0 Å². The highest BCUT2D eigenvalue weighted by Gasteiger charge is 2.30. The first kappa shape index (κ1) is 20.5. The van der Waals surface area contributed by atoms with Gasteiger partial charge in [0.15, 0.2) is 8.46 Å². The third-order valence-electron chi connectivity index (χ3n) is 4.46. The van der Waals surface area contributed by atoms with Gasteiger partial charge in [-0.15, -0.1) is 11.8 Å². The summed E-state index contributed by atoms with van der Waals surface area (Å²) in [6, 6.07) is 21.7. The maximum absolute atomic E-state index is 12.5. The quantitative estimate of drug-likeness (QED) is 0.268. The predicted molar refractivity (Wildman–Crippen MR) is 114 cm³/mol. The highest BCUT2D eigenvalue weighted by molar-refractivity contribution is 7.99. The standard InChI is InChI=1S/C22H22NO3PS/c1-2-26-22(24)18(14-16-8-4-3-5-9-16)20(27-25)15-28-21-13-12-17-10-6-7-11-19(17)23-21/h3-13,18,20H,2,14-15H2,1H3. The molecule has 0 saturated heterocycles. The Morgan fingerprint density at radius 3 is 2.57 bits per heavy atom. The van der Waals surface area contributed by atoms with Crippen LogP contribution in [0.4, 0.5) is 0 Å². The van der Waals surface area contributed by atoms with Crippen LogP contribution in [0.2, 0.25) is 0 Å². The average Bonchev–Trinajstić information content (AvgIpc) is 2.74. The molecule has 6 heteroatoms. The zero-order valence-corrected chi connectivity index (χ0v) is 17.4. The van der Waals surface area contributed by atoms with Crippen molar-refractivity contribution in [2.45, 2.75) is 24.0 Å². The largest absolute Gasteiger partial charge is 0.466 e. The number of carbonyl (C=O) groups is 1. The number of hydrogen-bond acceptors (Lipinski definition) is 5. The first-order valence-electron chi connectivity index (χ1n) is 9.23. The van der Waals surface area contributed by atoms with E-state index in [9.17, 15) is 9.36 Å². The van der Waals surface area contributed by atoms with Gasteiger partial charge < -0.3 is 4.74 Å². The Hall–Kier alpha value is -2.23. The van der Waals surface area contributed by atoms with Gasteiger partial charge in [0.05, 0.1) is 28.7 Å². The molecule has 0 N–H and O–H groups in total. The number of aromatic nitrogens is 1. The summed E-state index contributed by atoms with van der Waals surface area (Å²) in [4.78, 5) is 17.2. The third-order valence-corrected chi connectivity index (χ3v) is 6.57. The molecule has 0 saturated carbocycles. The molecular formula is C22H22NO3PS. The van der Waals surface area contributed by atoms with Crippen molar-refractivity contribution in [1.82, 2.24) is 4.98 Å². The van der Waals surface area contributed by atoms with Crippen molar-refractivity contribution in [2.75, 3.05) is 12.4 Å². The highest BCUT2D eigenvalue weighted by Crippen LogP contribution is 2.30. The van der Waals surface area contributed by atoms with Crippen LogP contribution in [0.1, 0.15) is 12.5 Å². The lowest BCUT2D eigenvalue weighted by Crippen LogP contribution is -2.30. The molecule has 1 heterocycles. The number of thioether (sulfide) groups is 1. The molecule has 2 atom stereocenters. The Morgan fingerprint density at radius 2 is 1.82 bits per heavy atom. The summed E-state index contributed by atoms with van der Waals surface area (Å²) in [5.41, 5.74) is 1.61. The van der Waals surface area contributed by atoms with Crippen molar-refractivity contribution in [3.63, 3.8) is 0 Å². The number of benzene rings is 2. The van der Waals surface area contributed by atoms with Crippen LogP contribution in [0, 0.1) is 5.92 Å². The van der Waals surface area contributed by atoms with E-state index in [0.29, 0.717) is 18.8 Å². The van der Waals surface area contributed by atoms with E-state index in [-0.39, 0.29) is 20.1 Å². The Balaban J connectivity index is 1.74. The molecule has 0 radical (unpaired) electrons. The van der Waals surface area contributed by atoms with Gasteiger partial charge >= 0.3 is 5.97 Å². The van der Waals surface area contributed by atoms with Crippen molar-refractivity contribution >= 4 is 37.1 Å². The molecule has 3 aromatic rings. The van der Waals surface area contributed by atoms with Gasteiger partial charge in [-0.1, -0.05) is 54.6 Å². The van der Waals surface area contributed by atoms with Crippen molar-refractivity contribution in [3.05, 3.63) is 72.3 Å². The lowest BCUT2D eigenvalue weighted by Gasteiger charge is -2.20. The number of hydrogen-bond donors (Lipinski definition) is 0. The van der Waals surface area contributed by atoms with E-state index in [4.69, 9.17) is 4.74 Å². The second-order valence-electron chi connectivity index (χ2n) is 6.37. The van der Waals surface area contributed by atoms with Crippen LogP contribution >= 0.6 is 20.2 Å². The number of carbonyl (C=O) groups excluding carboxylic acids is 1. The lowest BCUT2D eigenvalue weighted by molar-refractivity contribution is -0.147. The minimum Gasteiger partial charge on any atom is -0.466 e. The van der Waals surface area contributed by atoms with E-state index in [1.165, 1.54) is 11.8 Å². The van der Waals surface area contributed by atoms with E-state index in [0.717, 1.165) is 21.5 Å². The molecule has 1 aromatic heterocycles. The van der Waals surface area contributed by atoms with Gasteiger partial charge in [0, 0.05) is 11.1 Å². The zero-order valence-electron chi connectivity index (χ0n) is 15.7. The first-order valence-corrected chi connectivity index (χ1v) is 11.1. The Labute approximate surface area is 170 Å². The summed E-state index contributed by atoms with van der Waals surface area (Å²) < 4.78 is 17.2. The topological polar surface area (TPSA) is 56.3 Å². The number of fused-ring (bicyclic) bond motifs is 1. The van der Waals surface area contributed by atoms with E-state index in [1.807, 2.05) is 66.7 Å². The number of esters is 1. The van der Waals surface area contributed by atoms with E-state index < -0.39 is 5.92 Å². The number of pyridine rings is 1. The Morgan fingerprint density at radius 1 is 1.07 bits per heavy atom. The van der Waals surface area contributed by atoms with Gasteiger partial charge in [-0.3, -0.25) is 9.36 Å². The molecule has 0 spiro atoms. The van der Waals surface area contributed by atoms with Crippen molar-refractivity contribution in [1.29, 1.82) is 0 Å². The number of rotatable bonds is 9. The maximum atomic E-state index is 12.5. The maximum Gasteiger partial charge on any atom is 0.310 e. The summed E-state index contributed by atoms with van der Waals surface area (Å²) in [5.74, 6) is -0.242. The smallest absolute Gasteiger partial charge is 0.310 e. The van der Waals surface area contributed by atoms with Gasteiger partial charge in [0.2, 0.25) is 0 Å². The summed E-state index contributed by atoms with van der Waals surface area (Å²) in [7, 11) is -0.0567. The molecule has 4 nitrogen and oxygen atoms in total. The van der Waals surface area contributed by atoms with Gasteiger partial charge in [-0.2, -0.15) is 0 Å². The van der Waals surface area contributed by atoms with Crippen LogP contribution in [0.3, 0.4) is 0 Å². The van der Waals surface area contributed by atoms with Gasteiger partial charge in [-0.05, 0) is 31.0 Å². The minimum absolute atomic E-state index is 0.0567. The zero-order chi connectivity index (χ0) is 19.8. The second kappa shape index (κ2) is 10.4. The summed E-state index contributed by atoms with van der Waals surface area (Å²) >= 11 is 1.52. The fraction of sp³-hybridized carbons (Fsp3) is 0.273. The second-order valence-corrected chi connectivity index (χ2v) is 8.29. The van der Waals surface area contributed by atoms with Gasteiger partial charge in [-0.25, -0.2) is 4.98 Å². The third kappa shape index (κ3) is 5.40. The molecule has 28 heavy (non-hydrogen) atoms. The van der Waals surface area contributed by atoms with Crippen LogP contribution in [0.15, 0.2) is 71.8 Å².